The molecule has 0 bridgehead atoms. The summed E-state index contributed by atoms with van der Waals surface area (Å²) in [5.41, 5.74) is 1.76. The highest BCUT2D eigenvalue weighted by Gasteiger charge is 2.13. The van der Waals surface area contributed by atoms with Gasteiger partial charge in [0.1, 0.15) is 12.4 Å². The Bertz CT molecular complexity index is 1520. The molecule has 1 heterocycles. The van der Waals surface area contributed by atoms with Gasteiger partial charge in [0, 0.05) is 16.6 Å². The van der Waals surface area contributed by atoms with Crippen molar-refractivity contribution in [2.45, 2.75) is 13.5 Å². The number of methoxy groups -OCH3 is 1. The predicted molar refractivity (Wildman–Crippen MR) is 140 cm³/mol. The van der Waals surface area contributed by atoms with Crippen molar-refractivity contribution < 1.29 is 14.4 Å². The van der Waals surface area contributed by atoms with Crippen LogP contribution in [0.1, 0.15) is 17.0 Å². The molecule has 4 aromatic rings. The van der Waals surface area contributed by atoms with Gasteiger partial charge < -0.3 is 9.47 Å². The molecule has 0 aliphatic carbocycles. The molecule has 35 heavy (non-hydrogen) atoms. The van der Waals surface area contributed by atoms with Gasteiger partial charge in [-0.2, -0.15) is 9.78 Å². The van der Waals surface area contributed by atoms with Crippen LogP contribution in [0.3, 0.4) is 0 Å². The molecular formula is C24H18Br2N4O5. The Kier molecular flexibility index (Phi) is 7.27. The molecule has 9 nitrogen and oxygen atoms in total. The third-order valence-corrected chi connectivity index (χ3v) is 6.16. The topological polar surface area (TPSA) is 109 Å². The van der Waals surface area contributed by atoms with Crippen LogP contribution in [-0.4, -0.2) is 27.9 Å². The maximum atomic E-state index is 12.9. The molecule has 0 N–H and O–H groups in total. The summed E-state index contributed by atoms with van der Waals surface area (Å²) in [5.74, 6) is 1.37. The number of nitro groups is 1. The molecule has 0 aliphatic rings. The molecule has 0 fully saturated rings. The molecule has 0 atom stereocenters. The average Bonchev–Trinajstić information content (AvgIpc) is 2.83. The van der Waals surface area contributed by atoms with Crippen LogP contribution in [0.5, 0.6) is 11.5 Å². The maximum Gasteiger partial charge on any atom is 0.282 e. The Labute approximate surface area is 216 Å². The molecule has 0 unspecified atom stereocenters. The number of benzene rings is 3. The second-order valence-electron chi connectivity index (χ2n) is 7.43. The lowest BCUT2D eigenvalue weighted by atomic mass is 10.2. The third-order valence-electron chi connectivity index (χ3n) is 5.07. The van der Waals surface area contributed by atoms with Gasteiger partial charge in [-0.05, 0) is 76.4 Å². The maximum absolute atomic E-state index is 12.9. The summed E-state index contributed by atoms with van der Waals surface area (Å²) in [6.45, 7) is 1.90. The van der Waals surface area contributed by atoms with Crippen molar-refractivity contribution in [2.75, 3.05) is 7.11 Å². The SMILES string of the molecule is COc1cc(C=Nn2c(C)nc3ccc(Br)cc3c2=O)cc(Br)c1OCc1ccc([N+](=O)[O-])cc1. The summed E-state index contributed by atoms with van der Waals surface area (Å²) < 4.78 is 14.0. The first-order valence-corrected chi connectivity index (χ1v) is 11.8. The third kappa shape index (κ3) is 5.41. The summed E-state index contributed by atoms with van der Waals surface area (Å²) in [5, 5.41) is 15.6. The first-order chi connectivity index (χ1) is 16.8. The molecular weight excluding hydrogens is 584 g/mol. The van der Waals surface area contributed by atoms with Crippen LogP contribution in [0.2, 0.25) is 0 Å². The van der Waals surface area contributed by atoms with Crippen molar-refractivity contribution in [3.8, 4) is 11.5 Å². The second kappa shape index (κ2) is 10.4. The number of hydrogen-bond acceptors (Lipinski definition) is 7. The van der Waals surface area contributed by atoms with Crippen LogP contribution in [-0.2, 0) is 6.61 Å². The standard InChI is InChI=1S/C24H18Br2N4O5/c1-14-28-21-8-5-17(25)11-19(21)24(31)29(14)27-12-16-9-20(26)23(22(10-16)34-2)35-13-15-3-6-18(7-4-15)30(32)33/h3-12H,13H2,1-2H3. The Morgan fingerprint density at radius 2 is 1.89 bits per heavy atom. The lowest BCUT2D eigenvalue weighted by Gasteiger charge is -2.13. The number of rotatable bonds is 7. The Balaban J connectivity index is 1.60. The first-order valence-electron chi connectivity index (χ1n) is 10.2. The zero-order chi connectivity index (χ0) is 25.1. The minimum Gasteiger partial charge on any atom is -0.493 e. The van der Waals surface area contributed by atoms with Crippen LogP contribution in [0.15, 0.2) is 73.4 Å². The van der Waals surface area contributed by atoms with E-state index in [1.807, 2.05) is 6.07 Å². The van der Waals surface area contributed by atoms with Crippen molar-refractivity contribution in [3.05, 3.63) is 101 Å². The lowest BCUT2D eigenvalue weighted by molar-refractivity contribution is -0.384. The van der Waals surface area contributed by atoms with Crippen LogP contribution < -0.4 is 15.0 Å². The zero-order valence-electron chi connectivity index (χ0n) is 18.6. The number of hydrogen-bond donors (Lipinski definition) is 0. The van der Waals surface area contributed by atoms with Gasteiger partial charge >= 0.3 is 0 Å². The second-order valence-corrected chi connectivity index (χ2v) is 9.20. The Morgan fingerprint density at radius 1 is 1.14 bits per heavy atom. The van der Waals surface area contributed by atoms with E-state index < -0.39 is 4.92 Å². The molecule has 0 amide bonds. The number of aryl methyl sites for hydroxylation is 1. The van der Waals surface area contributed by atoms with Gasteiger partial charge in [0.2, 0.25) is 0 Å². The van der Waals surface area contributed by atoms with E-state index in [4.69, 9.17) is 9.47 Å². The fourth-order valence-corrected chi connectivity index (χ4v) is 4.28. The zero-order valence-corrected chi connectivity index (χ0v) is 21.7. The van der Waals surface area contributed by atoms with E-state index in [-0.39, 0.29) is 17.9 Å². The normalized spacial score (nSPS) is 11.2. The highest BCUT2D eigenvalue weighted by molar-refractivity contribution is 9.10. The summed E-state index contributed by atoms with van der Waals surface area (Å²) in [7, 11) is 1.52. The summed E-state index contributed by atoms with van der Waals surface area (Å²) in [6.07, 6.45) is 1.54. The number of nitrogens with zero attached hydrogens (tertiary/aromatic N) is 4. The molecule has 0 spiro atoms. The van der Waals surface area contributed by atoms with E-state index in [9.17, 15) is 14.9 Å². The van der Waals surface area contributed by atoms with Crippen molar-refractivity contribution in [3.63, 3.8) is 0 Å². The van der Waals surface area contributed by atoms with Crippen LogP contribution >= 0.6 is 31.9 Å². The minimum atomic E-state index is -0.451. The van der Waals surface area contributed by atoms with E-state index >= 15 is 0 Å². The van der Waals surface area contributed by atoms with Crippen molar-refractivity contribution in [1.29, 1.82) is 0 Å². The van der Waals surface area contributed by atoms with Gasteiger partial charge in [-0.25, -0.2) is 4.98 Å². The number of aromatic nitrogens is 2. The lowest BCUT2D eigenvalue weighted by Crippen LogP contribution is -2.20. The molecule has 0 aliphatic heterocycles. The highest BCUT2D eigenvalue weighted by atomic mass is 79.9. The van der Waals surface area contributed by atoms with Gasteiger partial charge in [-0.3, -0.25) is 14.9 Å². The van der Waals surface area contributed by atoms with Gasteiger partial charge in [-0.1, -0.05) is 15.9 Å². The number of nitro benzene ring substituents is 1. The van der Waals surface area contributed by atoms with E-state index in [0.717, 1.165) is 10.0 Å². The van der Waals surface area contributed by atoms with Gasteiger partial charge in [0.25, 0.3) is 11.2 Å². The summed E-state index contributed by atoms with van der Waals surface area (Å²) in [4.78, 5) is 27.8. The molecule has 1 aromatic heterocycles. The fraction of sp³-hybridized carbons (Fsp3) is 0.125. The van der Waals surface area contributed by atoms with Crippen molar-refractivity contribution in [1.82, 2.24) is 9.66 Å². The fourth-order valence-electron chi connectivity index (χ4n) is 3.34. The van der Waals surface area contributed by atoms with Crippen molar-refractivity contribution in [2.24, 2.45) is 5.10 Å². The molecule has 3 aromatic carbocycles. The smallest absolute Gasteiger partial charge is 0.282 e. The van der Waals surface area contributed by atoms with E-state index in [0.29, 0.717) is 38.3 Å². The largest absolute Gasteiger partial charge is 0.493 e. The first kappa shape index (κ1) is 24.6. The van der Waals surface area contributed by atoms with Gasteiger partial charge in [0.15, 0.2) is 11.5 Å². The van der Waals surface area contributed by atoms with Crippen LogP contribution in [0.4, 0.5) is 5.69 Å². The van der Waals surface area contributed by atoms with E-state index in [1.54, 1.807) is 43.3 Å². The predicted octanol–water partition coefficient (Wildman–Crippen LogP) is 5.61. The number of fused-ring (bicyclic) bond motifs is 1. The van der Waals surface area contributed by atoms with Crippen molar-refractivity contribution >= 4 is 54.7 Å². The summed E-state index contributed by atoms with van der Waals surface area (Å²) in [6, 6.07) is 14.9. The van der Waals surface area contributed by atoms with Gasteiger partial charge in [-0.15, -0.1) is 0 Å². The van der Waals surface area contributed by atoms with Gasteiger partial charge in [0.05, 0.1) is 33.6 Å². The number of non-ortho nitro benzene ring substituents is 1. The average molecular weight is 602 g/mol. The molecule has 0 saturated carbocycles. The quantitative estimate of drug-likeness (QED) is 0.155. The van der Waals surface area contributed by atoms with E-state index in [1.165, 1.54) is 30.1 Å². The highest BCUT2D eigenvalue weighted by Crippen LogP contribution is 2.37. The minimum absolute atomic E-state index is 0.0137. The Morgan fingerprint density at radius 3 is 2.57 bits per heavy atom. The number of halogens is 2. The molecule has 0 radical (unpaired) electrons. The molecule has 178 valence electrons. The van der Waals surface area contributed by atoms with E-state index in [2.05, 4.69) is 41.9 Å². The molecule has 4 rings (SSSR count). The summed E-state index contributed by atoms with van der Waals surface area (Å²) >= 11 is 6.88. The number of ether oxygens (including phenoxy) is 2. The Hall–Kier alpha value is -3.57. The molecule has 0 saturated heterocycles. The molecule has 11 heteroatoms. The van der Waals surface area contributed by atoms with Crippen LogP contribution in [0.25, 0.3) is 10.9 Å². The van der Waals surface area contributed by atoms with Crippen LogP contribution in [0, 0.1) is 17.0 Å². The monoisotopic (exact) mass is 600 g/mol.